The van der Waals surface area contributed by atoms with E-state index >= 15 is 0 Å². The lowest BCUT2D eigenvalue weighted by Gasteiger charge is -2.07. The number of hydrogen-bond donors (Lipinski definition) is 1. The van der Waals surface area contributed by atoms with Gasteiger partial charge in [0.15, 0.2) is 5.17 Å². The smallest absolute Gasteiger partial charge is 0.264 e. The van der Waals surface area contributed by atoms with Gasteiger partial charge in [-0.3, -0.25) is 4.79 Å². The summed E-state index contributed by atoms with van der Waals surface area (Å²) in [5.74, 6) is 0.642. The van der Waals surface area contributed by atoms with Crippen molar-refractivity contribution < 1.29 is 9.53 Å². The minimum atomic E-state index is -0.148. The Balaban J connectivity index is 1.41. The van der Waals surface area contributed by atoms with Crippen LogP contribution in [0.2, 0.25) is 0 Å². The Labute approximate surface area is 188 Å². The molecule has 1 heterocycles. The van der Waals surface area contributed by atoms with E-state index in [1.807, 2.05) is 54.6 Å². The number of nitrogens with zero attached hydrogens (tertiary/aromatic N) is 1. The zero-order chi connectivity index (χ0) is 20.9. The van der Waals surface area contributed by atoms with Crippen LogP contribution in [0.4, 0.5) is 5.69 Å². The van der Waals surface area contributed by atoms with Crippen LogP contribution < -0.4 is 10.1 Å². The van der Waals surface area contributed by atoms with Gasteiger partial charge >= 0.3 is 0 Å². The molecule has 0 radical (unpaired) electrons. The molecule has 0 saturated carbocycles. The standard InChI is InChI=1S/C24H19BrN2O2S/c1-16-6-8-18(9-7-16)15-29-19-12-10-17(11-13-19)14-22-23(28)27-24(30-22)26-21-5-3-2-4-20(21)25/h2-14H,15H2,1H3,(H,26,27,28)/b22-14-. The van der Waals surface area contributed by atoms with Gasteiger partial charge in [-0.1, -0.05) is 54.1 Å². The van der Waals surface area contributed by atoms with Crippen molar-refractivity contribution in [2.24, 2.45) is 4.99 Å². The molecule has 0 atom stereocenters. The van der Waals surface area contributed by atoms with Crippen LogP contribution in [0.25, 0.3) is 6.08 Å². The summed E-state index contributed by atoms with van der Waals surface area (Å²) in [4.78, 5) is 17.4. The first kappa shape index (κ1) is 20.4. The molecule has 0 aliphatic carbocycles. The number of ether oxygens (including phenoxy) is 1. The van der Waals surface area contributed by atoms with E-state index in [0.717, 1.165) is 27.0 Å². The summed E-state index contributed by atoms with van der Waals surface area (Å²) in [5, 5.41) is 3.38. The van der Waals surface area contributed by atoms with Gasteiger partial charge in [-0.2, -0.15) is 0 Å². The van der Waals surface area contributed by atoms with Crippen LogP contribution in [0.5, 0.6) is 5.75 Å². The average Bonchev–Trinajstić information content (AvgIpc) is 3.09. The molecule has 1 amide bonds. The fraction of sp³-hybridized carbons (Fsp3) is 0.0833. The van der Waals surface area contributed by atoms with Crippen LogP contribution in [0.3, 0.4) is 0 Å². The van der Waals surface area contributed by atoms with E-state index in [1.54, 1.807) is 0 Å². The topological polar surface area (TPSA) is 50.7 Å². The third-order valence-electron chi connectivity index (χ3n) is 4.43. The minimum absolute atomic E-state index is 0.148. The molecule has 0 spiro atoms. The molecular formula is C24H19BrN2O2S. The van der Waals surface area contributed by atoms with Crippen molar-refractivity contribution in [2.45, 2.75) is 13.5 Å². The normalized spacial score (nSPS) is 16.1. The minimum Gasteiger partial charge on any atom is -0.489 e. The van der Waals surface area contributed by atoms with Crippen LogP contribution in [-0.4, -0.2) is 11.1 Å². The molecule has 1 aliphatic heterocycles. The summed E-state index contributed by atoms with van der Waals surface area (Å²) in [5.41, 5.74) is 4.06. The zero-order valence-corrected chi connectivity index (χ0v) is 18.7. The molecule has 1 N–H and O–H groups in total. The highest BCUT2D eigenvalue weighted by Crippen LogP contribution is 2.31. The number of carbonyl (C=O) groups is 1. The number of thioether (sulfide) groups is 1. The molecule has 3 aromatic carbocycles. The Morgan fingerprint density at radius 1 is 1.03 bits per heavy atom. The number of benzene rings is 3. The molecular weight excluding hydrogens is 460 g/mol. The molecule has 30 heavy (non-hydrogen) atoms. The Morgan fingerprint density at radius 3 is 2.50 bits per heavy atom. The van der Waals surface area contributed by atoms with Crippen molar-refractivity contribution in [3.05, 3.63) is 98.9 Å². The number of para-hydroxylation sites is 1. The molecule has 4 rings (SSSR count). The van der Waals surface area contributed by atoms with Gasteiger partial charge in [0.05, 0.1) is 10.6 Å². The number of aliphatic imine (C=N–C) groups is 1. The number of nitrogens with one attached hydrogen (secondary N) is 1. The molecule has 1 saturated heterocycles. The molecule has 3 aromatic rings. The summed E-state index contributed by atoms with van der Waals surface area (Å²) in [6.07, 6.45) is 1.85. The first-order chi connectivity index (χ1) is 14.6. The number of aryl methyl sites for hydroxylation is 1. The maximum absolute atomic E-state index is 12.3. The number of hydrogen-bond acceptors (Lipinski definition) is 4. The average molecular weight is 479 g/mol. The Hall–Kier alpha value is -2.83. The Kier molecular flexibility index (Phi) is 6.35. The number of amides is 1. The fourth-order valence-corrected chi connectivity index (χ4v) is 4.00. The van der Waals surface area contributed by atoms with Crippen LogP contribution in [0, 0.1) is 6.92 Å². The lowest BCUT2D eigenvalue weighted by atomic mass is 10.1. The summed E-state index contributed by atoms with van der Waals surface area (Å²) < 4.78 is 6.72. The lowest BCUT2D eigenvalue weighted by molar-refractivity contribution is -0.115. The molecule has 1 aliphatic rings. The van der Waals surface area contributed by atoms with E-state index in [4.69, 9.17) is 4.74 Å². The predicted molar refractivity (Wildman–Crippen MR) is 127 cm³/mol. The molecule has 0 unspecified atom stereocenters. The van der Waals surface area contributed by atoms with Gasteiger partial charge in [0.25, 0.3) is 5.91 Å². The van der Waals surface area contributed by atoms with Crippen molar-refractivity contribution in [3.63, 3.8) is 0 Å². The lowest BCUT2D eigenvalue weighted by Crippen LogP contribution is -2.19. The van der Waals surface area contributed by atoms with E-state index in [2.05, 4.69) is 57.4 Å². The highest BCUT2D eigenvalue weighted by molar-refractivity contribution is 9.10. The summed E-state index contributed by atoms with van der Waals surface area (Å²) in [6, 6.07) is 23.6. The van der Waals surface area contributed by atoms with E-state index in [9.17, 15) is 4.79 Å². The Morgan fingerprint density at radius 2 is 1.77 bits per heavy atom. The van der Waals surface area contributed by atoms with Gasteiger partial charge in [0.2, 0.25) is 0 Å². The molecule has 0 aromatic heterocycles. The molecule has 4 nitrogen and oxygen atoms in total. The summed E-state index contributed by atoms with van der Waals surface area (Å²) in [7, 11) is 0. The Bertz CT molecular complexity index is 1120. The maximum atomic E-state index is 12.3. The van der Waals surface area contributed by atoms with E-state index < -0.39 is 0 Å². The largest absolute Gasteiger partial charge is 0.489 e. The quantitative estimate of drug-likeness (QED) is 0.442. The first-order valence-electron chi connectivity index (χ1n) is 9.39. The fourth-order valence-electron chi connectivity index (χ4n) is 2.79. The maximum Gasteiger partial charge on any atom is 0.264 e. The van der Waals surface area contributed by atoms with Crippen LogP contribution in [0.1, 0.15) is 16.7 Å². The third kappa shape index (κ3) is 5.20. The molecule has 0 bridgehead atoms. The highest BCUT2D eigenvalue weighted by Gasteiger charge is 2.24. The zero-order valence-electron chi connectivity index (χ0n) is 16.3. The van der Waals surface area contributed by atoms with Crippen LogP contribution in [-0.2, 0) is 11.4 Å². The number of amidine groups is 1. The monoisotopic (exact) mass is 478 g/mol. The van der Waals surface area contributed by atoms with Crippen molar-refractivity contribution in [3.8, 4) is 5.75 Å². The van der Waals surface area contributed by atoms with Crippen LogP contribution in [0.15, 0.2) is 87.2 Å². The van der Waals surface area contributed by atoms with E-state index in [0.29, 0.717) is 16.7 Å². The van der Waals surface area contributed by atoms with Crippen molar-refractivity contribution in [2.75, 3.05) is 0 Å². The van der Waals surface area contributed by atoms with Gasteiger partial charge in [0.1, 0.15) is 12.4 Å². The first-order valence-corrected chi connectivity index (χ1v) is 11.0. The molecule has 6 heteroatoms. The van der Waals surface area contributed by atoms with Gasteiger partial charge in [-0.05, 0) is 76.1 Å². The predicted octanol–water partition coefficient (Wildman–Crippen LogP) is 6.23. The number of halogens is 1. The van der Waals surface area contributed by atoms with E-state index in [-0.39, 0.29) is 5.91 Å². The summed E-state index contributed by atoms with van der Waals surface area (Å²) >= 11 is 4.80. The van der Waals surface area contributed by atoms with Crippen LogP contribution >= 0.6 is 27.7 Å². The van der Waals surface area contributed by atoms with E-state index in [1.165, 1.54) is 17.3 Å². The second kappa shape index (κ2) is 9.32. The van der Waals surface area contributed by atoms with Gasteiger partial charge < -0.3 is 10.1 Å². The van der Waals surface area contributed by atoms with Gasteiger partial charge in [0, 0.05) is 4.47 Å². The summed E-state index contributed by atoms with van der Waals surface area (Å²) in [6.45, 7) is 2.59. The van der Waals surface area contributed by atoms with Crippen molar-refractivity contribution in [1.29, 1.82) is 0 Å². The van der Waals surface area contributed by atoms with Gasteiger partial charge in [-0.15, -0.1) is 0 Å². The van der Waals surface area contributed by atoms with Crippen molar-refractivity contribution >= 4 is 50.5 Å². The number of rotatable bonds is 5. The third-order valence-corrected chi connectivity index (χ3v) is 6.01. The second-order valence-electron chi connectivity index (χ2n) is 6.78. The number of carbonyl (C=O) groups excluding carboxylic acids is 1. The highest BCUT2D eigenvalue weighted by atomic mass is 79.9. The molecule has 1 fully saturated rings. The van der Waals surface area contributed by atoms with Crippen molar-refractivity contribution in [1.82, 2.24) is 5.32 Å². The molecule has 150 valence electrons. The second-order valence-corrected chi connectivity index (χ2v) is 8.66. The van der Waals surface area contributed by atoms with Gasteiger partial charge in [-0.25, -0.2) is 4.99 Å². The SMILES string of the molecule is Cc1ccc(COc2ccc(/C=C3\SC(=Nc4ccccc4Br)NC3=O)cc2)cc1.